The molecule has 1 saturated heterocycles. The number of aliphatic hydroxyl groups is 2. The molecule has 10 heteroatoms. The lowest BCUT2D eigenvalue weighted by atomic mass is 9.97. The maximum Gasteiger partial charge on any atom is 0.246 e. The number of rotatable bonds is 2. The van der Waals surface area contributed by atoms with Gasteiger partial charge in [-0.2, -0.15) is 9.97 Å². The van der Waals surface area contributed by atoms with Crippen LogP contribution in [0.1, 0.15) is 13.2 Å². The number of ether oxygens (including phenoxy) is 2. The standard InChI is InChI=1S/C12H14FN5O4/c1-11(13)9(22-6-5(19)12(6,11)20)18-3-15-4-7(18)16-10(14)17-8(4)21-2/h3,5-6,9,19-20H,1-2H3,(H2,14,16,17)/t5?,6-,9-,11+,12-/m1/s1. The first kappa shape index (κ1) is 13.6. The molecular weight excluding hydrogens is 297 g/mol. The maximum atomic E-state index is 15.0. The summed E-state index contributed by atoms with van der Waals surface area (Å²) in [5.41, 5.74) is 1.97. The van der Waals surface area contributed by atoms with Crippen LogP contribution in [0, 0.1) is 0 Å². The van der Waals surface area contributed by atoms with E-state index in [1.807, 2.05) is 0 Å². The molecule has 2 fully saturated rings. The predicted octanol–water partition coefficient (Wildman–Crippen LogP) is -0.852. The Morgan fingerprint density at radius 3 is 2.82 bits per heavy atom. The number of nitrogens with zero attached hydrogens (tertiary/aromatic N) is 4. The third kappa shape index (κ3) is 1.35. The first-order valence-corrected chi connectivity index (χ1v) is 6.61. The summed E-state index contributed by atoms with van der Waals surface area (Å²) < 4.78 is 26.9. The second kappa shape index (κ2) is 3.83. The summed E-state index contributed by atoms with van der Waals surface area (Å²) in [7, 11) is 1.40. The zero-order chi connectivity index (χ0) is 15.9. The maximum absolute atomic E-state index is 15.0. The summed E-state index contributed by atoms with van der Waals surface area (Å²) in [5, 5.41) is 19.8. The van der Waals surface area contributed by atoms with Gasteiger partial charge < -0.3 is 25.4 Å². The molecule has 1 unspecified atom stereocenters. The molecule has 0 radical (unpaired) electrons. The highest BCUT2D eigenvalue weighted by molar-refractivity contribution is 5.77. The van der Waals surface area contributed by atoms with Crippen molar-refractivity contribution in [1.82, 2.24) is 19.5 Å². The molecule has 22 heavy (non-hydrogen) atoms. The van der Waals surface area contributed by atoms with E-state index in [9.17, 15) is 10.2 Å². The molecule has 9 nitrogen and oxygen atoms in total. The Morgan fingerprint density at radius 2 is 2.23 bits per heavy atom. The summed E-state index contributed by atoms with van der Waals surface area (Å²) in [6.45, 7) is 1.17. The van der Waals surface area contributed by atoms with Gasteiger partial charge in [-0.3, -0.25) is 4.57 Å². The van der Waals surface area contributed by atoms with Crippen molar-refractivity contribution in [3.05, 3.63) is 6.33 Å². The summed E-state index contributed by atoms with van der Waals surface area (Å²) in [6.07, 6.45) is -2.12. The third-order valence-corrected chi connectivity index (χ3v) is 4.44. The molecule has 1 saturated carbocycles. The number of nitrogen functional groups attached to an aromatic ring is 1. The Bertz CT molecular complexity index is 780. The van der Waals surface area contributed by atoms with Gasteiger partial charge in [0.05, 0.1) is 13.4 Å². The van der Waals surface area contributed by atoms with Crippen LogP contribution in [0.2, 0.25) is 0 Å². The number of fused-ring (bicyclic) bond motifs is 2. The van der Waals surface area contributed by atoms with Crippen LogP contribution in [0.4, 0.5) is 10.3 Å². The molecule has 0 amide bonds. The van der Waals surface area contributed by atoms with Crippen LogP contribution in [-0.2, 0) is 4.74 Å². The molecule has 2 aromatic heterocycles. The molecule has 118 valence electrons. The highest BCUT2D eigenvalue weighted by Crippen LogP contribution is 2.61. The fourth-order valence-corrected chi connectivity index (χ4v) is 3.08. The predicted molar refractivity (Wildman–Crippen MR) is 70.7 cm³/mol. The lowest BCUT2D eigenvalue weighted by molar-refractivity contribution is -0.114. The molecule has 2 aliphatic rings. The van der Waals surface area contributed by atoms with Crippen molar-refractivity contribution in [2.24, 2.45) is 0 Å². The zero-order valence-electron chi connectivity index (χ0n) is 11.8. The number of alkyl halides is 1. The minimum absolute atomic E-state index is 0.0615. The van der Waals surface area contributed by atoms with E-state index in [1.54, 1.807) is 0 Å². The number of aliphatic hydroxyl groups excluding tert-OH is 1. The molecule has 5 atom stereocenters. The van der Waals surface area contributed by atoms with Gasteiger partial charge in [-0.05, 0) is 6.92 Å². The second-order valence-corrected chi connectivity index (χ2v) is 5.67. The monoisotopic (exact) mass is 311 g/mol. The summed E-state index contributed by atoms with van der Waals surface area (Å²) in [4.78, 5) is 12.0. The van der Waals surface area contributed by atoms with Crippen molar-refractivity contribution >= 4 is 17.1 Å². The minimum Gasteiger partial charge on any atom is -0.479 e. The number of hydrogen-bond acceptors (Lipinski definition) is 8. The van der Waals surface area contributed by atoms with Gasteiger partial charge in [0, 0.05) is 0 Å². The molecule has 4 N–H and O–H groups in total. The van der Waals surface area contributed by atoms with Crippen LogP contribution in [0.25, 0.3) is 11.2 Å². The van der Waals surface area contributed by atoms with Crippen LogP contribution < -0.4 is 10.5 Å². The summed E-state index contributed by atoms with van der Waals surface area (Å²) in [6, 6.07) is 0. The van der Waals surface area contributed by atoms with E-state index in [-0.39, 0.29) is 17.5 Å². The van der Waals surface area contributed by atoms with Gasteiger partial charge in [0.2, 0.25) is 11.8 Å². The Kier molecular flexibility index (Phi) is 2.37. The highest BCUT2D eigenvalue weighted by atomic mass is 19.1. The van der Waals surface area contributed by atoms with E-state index in [1.165, 1.54) is 24.9 Å². The summed E-state index contributed by atoms with van der Waals surface area (Å²) in [5.74, 6) is 0.0947. The Labute approximate surface area is 123 Å². The van der Waals surface area contributed by atoms with Crippen molar-refractivity contribution < 1.29 is 24.1 Å². The normalized spacial score (nSPS) is 40.0. The van der Waals surface area contributed by atoms with E-state index in [4.69, 9.17) is 15.2 Å². The van der Waals surface area contributed by atoms with Gasteiger partial charge in [-0.15, -0.1) is 0 Å². The number of aromatic nitrogens is 4. The van der Waals surface area contributed by atoms with Crippen LogP contribution in [-0.4, -0.2) is 60.3 Å². The molecule has 1 aliphatic heterocycles. The molecule has 0 spiro atoms. The molecular formula is C12H14FN5O4. The molecule has 2 aromatic rings. The molecule has 0 aromatic carbocycles. The lowest BCUT2D eigenvalue weighted by Crippen LogP contribution is -2.44. The van der Waals surface area contributed by atoms with E-state index in [0.717, 1.165) is 0 Å². The third-order valence-electron chi connectivity index (χ3n) is 4.44. The first-order chi connectivity index (χ1) is 10.3. The SMILES string of the molecule is COc1nc(N)nc2c1ncn2[C@@H]1O[C@@H]2C(O)[C@]2(O)[C@@]1(C)F. The zero-order valence-corrected chi connectivity index (χ0v) is 11.8. The van der Waals surface area contributed by atoms with Crippen molar-refractivity contribution in [3.8, 4) is 5.88 Å². The first-order valence-electron chi connectivity index (χ1n) is 6.61. The Balaban J connectivity index is 1.85. The minimum atomic E-state index is -2.22. The number of nitrogens with two attached hydrogens (primary N) is 1. The van der Waals surface area contributed by atoms with E-state index < -0.39 is 29.7 Å². The van der Waals surface area contributed by atoms with Crippen molar-refractivity contribution in [3.63, 3.8) is 0 Å². The van der Waals surface area contributed by atoms with Crippen LogP contribution in [0.5, 0.6) is 5.88 Å². The molecule has 0 bridgehead atoms. The van der Waals surface area contributed by atoms with Gasteiger partial charge in [0.25, 0.3) is 0 Å². The molecule has 3 heterocycles. The Hall–Kier alpha value is -2.04. The highest BCUT2D eigenvalue weighted by Gasteiger charge is 2.83. The fraction of sp³-hybridized carbons (Fsp3) is 0.583. The smallest absolute Gasteiger partial charge is 0.246 e. The fourth-order valence-electron chi connectivity index (χ4n) is 3.08. The van der Waals surface area contributed by atoms with Crippen LogP contribution in [0.3, 0.4) is 0 Å². The molecule has 4 rings (SSSR count). The van der Waals surface area contributed by atoms with E-state index in [2.05, 4.69) is 15.0 Å². The van der Waals surface area contributed by atoms with Crippen molar-refractivity contribution in [2.75, 3.05) is 12.8 Å². The van der Waals surface area contributed by atoms with Gasteiger partial charge in [-0.25, -0.2) is 9.37 Å². The van der Waals surface area contributed by atoms with E-state index in [0.29, 0.717) is 5.52 Å². The number of hydrogen-bond donors (Lipinski definition) is 3. The topological polar surface area (TPSA) is 129 Å². The number of halogens is 1. The largest absolute Gasteiger partial charge is 0.479 e. The van der Waals surface area contributed by atoms with Crippen molar-refractivity contribution in [2.45, 2.75) is 36.6 Å². The number of methoxy groups -OCH3 is 1. The molecule has 1 aliphatic carbocycles. The number of anilines is 1. The van der Waals surface area contributed by atoms with Crippen LogP contribution >= 0.6 is 0 Å². The van der Waals surface area contributed by atoms with Crippen molar-refractivity contribution in [1.29, 1.82) is 0 Å². The van der Waals surface area contributed by atoms with Gasteiger partial charge in [0.1, 0.15) is 12.2 Å². The van der Waals surface area contributed by atoms with E-state index >= 15 is 4.39 Å². The Morgan fingerprint density at radius 1 is 1.50 bits per heavy atom. The van der Waals surface area contributed by atoms with Crippen LogP contribution in [0.15, 0.2) is 6.33 Å². The summed E-state index contributed by atoms with van der Waals surface area (Å²) >= 11 is 0. The average molecular weight is 311 g/mol. The average Bonchev–Trinajstić information content (AvgIpc) is 2.77. The number of imidazole rings is 1. The quantitative estimate of drug-likeness (QED) is 0.654. The second-order valence-electron chi connectivity index (χ2n) is 5.67. The van der Waals surface area contributed by atoms with Gasteiger partial charge in [0.15, 0.2) is 28.7 Å². The van der Waals surface area contributed by atoms with Gasteiger partial charge in [-0.1, -0.05) is 0 Å². The lowest BCUT2D eigenvalue weighted by Gasteiger charge is -2.29. The van der Waals surface area contributed by atoms with Gasteiger partial charge >= 0.3 is 0 Å².